The van der Waals surface area contributed by atoms with Crippen LogP contribution >= 0.6 is 0 Å². The number of rotatable bonds is 3. The van der Waals surface area contributed by atoms with Crippen molar-refractivity contribution >= 4 is 11.9 Å². The number of carbonyl (C=O) groups is 2. The van der Waals surface area contributed by atoms with Crippen LogP contribution in [-0.2, 0) is 4.79 Å². The fourth-order valence-electron chi connectivity index (χ4n) is 1.03. The van der Waals surface area contributed by atoms with Gasteiger partial charge in [0.05, 0.1) is 0 Å². The number of carboxylic acids is 1. The zero-order valence-electron chi connectivity index (χ0n) is 8.23. The van der Waals surface area contributed by atoms with Crippen LogP contribution in [-0.4, -0.2) is 17.0 Å². The number of carbonyl (C=O) groups excluding carboxylic acids is 1. The first-order valence-corrected chi connectivity index (χ1v) is 4.41. The van der Waals surface area contributed by atoms with Crippen molar-refractivity contribution in [1.82, 2.24) is 5.32 Å². The van der Waals surface area contributed by atoms with Gasteiger partial charge in [0.15, 0.2) is 0 Å². The summed E-state index contributed by atoms with van der Waals surface area (Å²) in [5.74, 6) is -1.58. The Labute approximate surface area is 87.2 Å². The summed E-state index contributed by atoms with van der Waals surface area (Å²) < 4.78 is 0. The minimum absolute atomic E-state index is 0.121. The quantitative estimate of drug-likeness (QED) is 0.733. The molecule has 0 fully saturated rings. The van der Waals surface area contributed by atoms with Gasteiger partial charge in [-0.05, 0) is 19.1 Å². The maximum atomic E-state index is 11.5. The molecule has 15 heavy (non-hydrogen) atoms. The molecule has 0 saturated carbocycles. The number of hydrogen-bond donors (Lipinski definition) is 2. The number of amides is 1. The van der Waals surface area contributed by atoms with E-state index in [1.165, 1.54) is 6.08 Å². The molecule has 4 nitrogen and oxygen atoms in total. The zero-order chi connectivity index (χ0) is 11.3. The second-order valence-corrected chi connectivity index (χ2v) is 2.83. The van der Waals surface area contributed by atoms with E-state index in [0.29, 0.717) is 5.56 Å². The van der Waals surface area contributed by atoms with Crippen molar-refractivity contribution in [2.45, 2.75) is 6.92 Å². The average molecular weight is 205 g/mol. The lowest BCUT2D eigenvalue weighted by atomic mass is 10.2. The van der Waals surface area contributed by atoms with Gasteiger partial charge in [-0.3, -0.25) is 4.79 Å². The molecule has 0 bridgehead atoms. The predicted molar refractivity (Wildman–Crippen MR) is 55.3 cm³/mol. The normalized spacial score (nSPS) is 10.9. The third-order valence-electron chi connectivity index (χ3n) is 1.80. The zero-order valence-corrected chi connectivity index (χ0v) is 8.23. The van der Waals surface area contributed by atoms with Crippen molar-refractivity contribution in [3.05, 3.63) is 47.7 Å². The smallest absolute Gasteiger partial charge is 0.352 e. The standard InChI is InChI=1S/C11H11NO3/c1-2-9(11(14)15)12-10(13)8-6-4-3-5-7-8/h2-7H,1H3,(H,12,13)(H,14,15)/b9-2+. The van der Waals surface area contributed by atoms with Crippen molar-refractivity contribution in [3.63, 3.8) is 0 Å². The van der Waals surface area contributed by atoms with E-state index in [4.69, 9.17) is 5.11 Å². The highest BCUT2D eigenvalue weighted by molar-refractivity contribution is 6.00. The highest BCUT2D eigenvalue weighted by Crippen LogP contribution is 2.00. The van der Waals surface area contributed by atoms with Crippen LogP contribution in [0.3, 0.4) is 0 Å². The lowest BCUT2D eigenvalue weighted by Gasteiger charge is -2.04. The summed E-state index contributed by atoms with van der Waals surface area (Å²) in [6, 6.07) is 8.44. The van der Waals surface area contributed by atoms with Crippen LogP contribution in [0.15, 0.2) is 42.1 Å². The number of carboxylic acid groups (broad SMARTS) is 1. The summed E-state index contributed by atoms with van der Waals surface area (Å²) in [7, 11) is 0. The number of hydrogen-bond acceptors (Lipinski definition) is 2. The van der Waals surface area contributed by atoms with Crippen molar-refractivity contribution in [1.29, 1.82) is 0 Å². The molecule has 0 aromatic heterocycles. The molecular formula is C11H11NO3. The summed E-state index contributed by atoms with van der Waals surface area (Å²) in [4.78, 5) is 22.1. The highest BCUT2D eigenvalue weighted by atomic mass is 16.4. The Morgan fingerprint density at radius 1 is 1.27 bits per heavy atom. The van der Waals surface area contributed by atoms with E-state index < -0.39 is 11.9 Å². The van der Waals surface area contributed by atoms with Crippen LogP contribution in [0, 0.1) is 0 Å². The fraction of sp³-hybridized carbons (Fsp3) is 0.0909. The Hall–Kier alpha value is -2.10. The molecule has 0 aliphatic rings. The number of aliphatic carboxylic acids is 1. The van der Waals surface area contributed by atoms with Crippen molar-refractivity contribution in [2.75, 3.05) is 0 Å². The Bertz CT molecular complexity index is 396. The van der Waals surface area contributed by atoms with Crippen molar-refractivity contribution < 1.29 is 14.7 Å². The summed E-state index contributed by atoms with van der Waals surface area (Å²) >= 11 is 0. The van der Waals surface area contributed by atoms with E-state index >= 15 is 0 Å². The molecule has 4 heteroatoms. The largest absolute Gasteiger partial charge is 0.477 e. The fourth-order valence-corrected chi connectivity index (χ4v) is 1.03. The Balaban J connectivity index is 2.77. The van der Waals surface area contributed by atoms with Gasteiger partial charge in [-0.15, -0.1) is 0 Å². The van der Waals surface area contributed by atoms with E-state index in [2.05, 4.69) is 5.32 Å². The molecule has 0 aliphatic carbocycles. The highest BCUT2D eigenvalue weighted by Gasteiger charge is 2.11. The molecule has 78 valence electrons. The third-order valence-corrected chi connectivity index (χ3v) is 1.80. The van der Waals surface area contributed by atoms with Crippen molar-refractivity contribution in [3.8, 4) is 0 Å². The summed E-state index contributed by atoms with van der Waals surface area (Å²) in [6.07, 6.45) is 1.34. The average Bonchev–Trinajstić information content (AvgIpc) is 2.26. The Kier molecular flexibility index (Phi) is 3.62. The van der Waals surface area contributed by atoms with Crippen LogP contribution < -0.4 is 5.32 Å². The first-order chi connectivity index (χ1) is 7.15. The van der Waals surface area contributed by atoms with Crippen molar-refractivity contribution in [2.24, 2.45) is 0 Å². The molecule has 1 aromatic rings. The maximum Gasteiger partial charge on any atom is 0.352 e. The van der Waals surface area contributed by atoms with E-state index in [9.17, 15) is 9.59 Å². The lowest BCUT2D eigenvalue weighted by molar-refractivity contribution is -0.133. The molecule has 0 aliphatic heterocycles. The number of allylic oxidation sites excluding steroid dienone is 1. The van der Waals surface area contributed by atoms with Gasteiger partial charge in [0.25, 0.3) is 5.91 Å². The molecule has 0 radical (unpaired) electrons. The summed E-state index contributed by atoms with van der Waals surface area (Å²) in [5.41, 5.74) is 0.307. The van der Waals surface area contributed by atoms with Gasteiger partial charge >= 0.3 is 5.97 Å². The molecular weight excluding hydrogens is 194 g/mol. The van der Waals surface area contributed by atoms with Gasteiger partial charge in [-0.25, -0.2) is 4.79 Å². The van der Waals surface area contributed by atoms with Crippen LogP contribution in [0.1, 0.15) is 17.3 Å². The van der Waals surface area contributed by atoms with E-state index in [-0.39, 0.29) is 5.70 Å². The molecule has 0 atom stereocenters. The first-order valence-electron chi connectivity index (χ1n) is 4.41. The maximum absolute atomic E-state index is 11.5. The molecule has 0 saturated heterocycles. The second kappa shape index (κ2) is 4.95. The lowest BCUT2D eigenvalue weighted by Crippen LogP contribution is -2.27. The number of nitrogens with one attached hydrogen (secondary N) is 1. The molecule has 0 spiro atoms. The molecule has 2 N–H and O–H groups in total. The SMILES string of the molecule is C/C=C(/NC(=O)c1ccccc1)C(=O)O. The molecule has 1 amide bonds. The van der Waals surface area contributed by atoms with Gasteiger partial charge in [0, 0.05) is 5.56 Å². The minimum Gasteiger partial charge on any atom is -0.477 e. The molecule has 0 heterocycles. The topological polar surface area (TPSA) is 66.4 Å². The molecule has 0 unspecified atom stereocenters. The summed E-state index contributed by atoms with van der Waals surface area (Å²) in [5, 5.41) is 11.0. The molecule has 1 aromatic carbocycles. The van der Waals surface area contributed by atoms with Gasteiger partial charge in [-0.2, -0.15) is 0 Å². The predicted octanol–water partition coefficient (Wildman–Crippen LogP) is 1.40. The van der Waals surface area contributed by atoms with Crippen LogP contribution in [0.2, 0.25) is 0 Å². The molecule has 1 rings (SSSR count). The monoisotopic (exact) mass is 205 g/mol. The van der Waals surface area contributed by atoms with Gasteiger partial charge in [0.1, 0.15) is 5.70 Å². The van der Waals surface area contributed by atoms with E-state index in [1.54, 1.807) is 37.3 Å². The van der Waals surface area contributed by atoms with Gasteiger partial charge < -0.3 is 10.4 Å². The summed E-state index contributed by atoms with van der Waals surface area (Å²) in [6.45, 7) is 1.55. The minimum atomic E-state index is -1.15. The van der Waals surface area contributed by atoms with Gasteiger partial charge in [0.2, 0.25) is 0 Å². The van der Waals surface area contributed by atoms with E-state index in [1.807, 2.05) is 0 Å². The van der Waals surface area contributed by atoms with Gasteiger partial charge in [-0.1, -0.05) is 24.3 Å². The first kappa shape index (κ1) is 11.0. The Morgan fingerprint density at radius 3 is 2.33 bits per heavy atom. The van der Waals surface area contributed by atoms with Crippen LogP contribution in [0.4, 0.5) is 0 Å². The third kappa shape index (κ3) is 2.95. The number of benzene rings is 1. The van der Waals surface area contributed by atoms with Crippen LogP contribution in [0.25, 0.3) is 0 Å². The van der Waals surface area contributed by atoms with Crippen LogP contribution in [0.5, 0.6) is 0 Å². The van der Waals surface area contributed by atoms with E-state index in [0.717, 1.165) is 0 Å². The second-order valence-electron chi connectivity index (χ2n) is 2.83. The Morgan fingerprint density at radius 2 is 1.87 bits per heavy atom.